The van der Waals surface area contributed by atoms with Gasteiger partial charge >= 0.3 is 0 Å². The molecule has 0 aliphatic heterocycles. The second-order valence-corrected chi connectivity index (χ2v) is 8.53. The molecule has 0 saturated heterocycles. The smallest absolute Gasteiger partial charge is 0.255 e. The van der Waals surface area contributed by atoms with Gasteiger partial charge in [0.1, 0.15) is 5.65 Å². The van der Waals surface area contributed by atoms with Gasteiger partial charge < -0.3 is 5.32 Å². The minimum atomic E-state index is -0.0664. The zero-order valence-electron chi connectivity index (χ0n) is 18.9. The Morgan fingerprint density at radius 2 is 1.80 bits per heavy atom. The van der Waals surface area contributed by atoms with Crippen LogP contribution in [0.3, 0.4) is 0 Å². The first-order valence-corrected chi connectivity index (χ1v) is 10.6. The Morgan fingerprint density at radius 1 is 1.13 bits per heavy atom. The fourth-order valence-electron chi connectivity index (χ4n) is 3.86. The number of nitrogens with zero attached hydrogens (tertiary/aromatic N) is 3. The van der Waals surface area contributed by atoms with Crippen molar-refractivity contribution in [1.29, 1.82) is 0 Å². The number of hydrogen-bond donors (Lipinski definition) is 1. The van der Waals surface area contributed by atoms with Gasteiger partial charge in [-0.05, 0) is 57.2 Å². The van der Waals surface area contributed by atoms with E-state index in [1.165, 1.54) is 5.56 Å². The van der Waals surface area contributed by atoms with Gasteiger partial charge in [-0.1, -0.05) is 31.5 Å². The normalized spacial score (nSPS) is 11.4. The molecule has 6 nitrogen and oxygen atoms in total. The summed E-state index contributed by atoms with van der Waals surface area (Å²) >= 11 is 0. The van der Waals surface area contributed by atoms with Crippen molar-refractivity contribution in [2.24, 2.45) is 13.0 Å². The van der Waals surface area contributed by atoms with Crippen molar-refractivity contribution in [2.45, 2.75) is 53.9 Å². The van der Waals surface area contributed by atoms with Gasteiger partial charge in [-0.2, -0.15) is 5.10 Å². The van der Waals surface area contributed by atoms with Crippen LogP contribution in [-0.4, -0.2) is 26.8 Å². The number of carbonyl (C=O) groups excluding carboxylic acids is 1. The van der Waals surface area contributed by atoms with Crippen LogP contribution in [0.2, 0.25) is 0 Å². The molecule has 1 amide bonds. The SMILES string of the molecule is Cc1ccc(-n2nc(C)c3c(C)c(CCC(=O)NCCC(C)C)c(=O)n(C)c32)cc1. The molecule has 160 valence electrons. The maximum absolute atomic E-state index is 13.2. The molecule has 0 aliphatic rings. The number of benzene rings is 1. The lowest BCUT2D eigenvalue weighted by atomic mass is 10.0. The highest BCUT2D eigenvalue weighted by Crippen LogP contribution is 2.26. The van der Waals surface area contributed by atoms with E-state index in [0.29, 0.717) is 30.9 Å². The monoisotopic (exact) mass is 408 g/mol. The summed E-state index contributed by atoms with van der Waals surface area (Å²) in [5.74, 6) is 0.541. The molecule has 6 heteroatoms. The zero-order valence-corrected chi connectivity index (χ0v) is 18.9. The van der Waals surface area contributed by atoms with Crippen molar-refractivity contribution < 1.29 is 4.79 Å². The molecule has 1 N–H and O–H groups in total. The molecule has 3 rings (SSSR count). The number of aryl methyl sites for hydroxylation is 4. The van der Waals surface area contributed by atoms with Gasteiger partial charge in [0.2, 0.25) is 5.91 Å². The van der Waals surface area contributed by atoms with Crippen LogP contribution in [0.15, 0.2) is 29.1 Å². The number of pyridine rings is 1. The molecule has 0 unspecified atom stereocenters. The highest BCUT2D eigenvalue weighted by molar-refractivity contribution is 5.85. The number of aromatic nitrogens is 3. The lowest BCUT2D eigenvalue weighted by Crippen LogP contribution is -2.28. The summed E-state index contributed by atoms with van der Waals surface area (Å²) in [4.78, 5) is 25.4. The predicted octanol–water partition coefficient (Wildman–Crippen LogP) is 3.74. The van der Waals surface area contributed by atoms with E-state index in [-0.39, 0.29) is 11.5 Å². The number of nitrogens with one attached hydrogen (secondary N) is 1. The first-order valence-electron chi connectivity index (χ1n) is 10.6. The maximum Gasteiger partial charge on any atom is 0.255 e. The molecule has 0 radical (unpaired) electrons. The second kappa shape index (κ2) is 8.86. The Balaban J connectivity index is 1.95. The van der Waals surface area contributed by atoms with E-state index in [9.17, 15) is 9.59 Å². The summed E-state index contributed by atoms with van der Waals surface area (Å²) in [6.07, 6.45) is 1.69. The van der Waals surface area contributed by atoms with Crippen molar-refractivity contribution in [2.75, 3.05) is 6.54 Å². The van der Waals surface area contributed by atoms with Crippen LogP contribution in [0.4, 0.5) is 0 Å². The molecular weight excluding hydrogens is 376 g/mol. The summed E-state index contributed by atoms with van der Waals surface area (Å²) in [5.41, 5.74) is 5.29. The van der Waals surface area contributed by atoms with Crippen molar-refractivity contribution in [3.8, 4) is 5.69 Å². The van der Waals surface area contributed by atoms with Gasteiger partial charge in [0.25, 0.3) is 5.56 Å². The van der Waals surface area contributed by atoms with Crippen molar-refractivity contribution in [1.82, 2.24) is 19.7 Å². The summed E-state index contributed by atoms with van der Waals surface area (Å²) in [6.45, 7) is 10.9. The Labute approximate surface area is 177 Å². The van der Waals surface area contributed by atoms with E-state index in [1.807, 2.05) is 49.7 Å². The van der Waals surface area contributed by atoms with Crippen LogP contribution in [0.25, 0.3) is 16.7 Å². The van der Waals surface area contributed by atoms with E-state index in [4.69, 9.17) is 5.10 Å². The summed E-state index contributed by atoms with van der Waals surface area (Å²) in [7, 11) is 1.78. The lowest BCUT2D eigenvalue weighted by molar-refractivity contribution is -0.121. The highest BCUT2D eigenvalue weighted by Gasteiger charge is 2.20. The minimum Gasteiger partial charge on any atom is -0.356 e. The van der Waals surface area contributed by atoms with E-state index in [0.717, 1.165) is 34.4 Å². The van der Waals surface area contributed by atoms with Gasteiger partial charge in [-0.15, -0.1) is 0 Å². The first kappa shape index (κ1) is 21.8. The minimum absolute atomic E-state index is 0.00993. The fourth-order valence-corrected chi connectivity index (χ4v) is 3.86. The molecule has 0 spiro atoms. The van der Waals surface area contributed by atoms with E-state index >= 15 is 0 Å². The number of rotatable bonds is 7. The van der Waals surface area contributed by atoms with Crippen LogP contribution in [0.5, 0.6) is 0 Å². The largest absolute Gasteiger partial charge is 0.356 e. The molecule has 2 aromatic heterocycles. The maximum atomic E-state index is 13.2. The number of amides is 1. The molecule has 0 fully saturated rings. The Bertz CT molecular complexity index is 1120. The quantitative estimate of drug-likeness (QED) is 0.647. The van der Waals surface area contributed by atoms with E-state index < -0.39 is 0 Å². The molecule has 2 heterocycles. The molecule has 0 saturated carbocycles. The summed E-state index contributed by atoms with van der Waals surface area (Å²) < 4.78 is 3.50. The topological polar surface area (TPSA) is 68.9 Å². The molecule has 3 aromatic rings. The average molecular weight is 409 g/mol. The molecule has 1 aromatic carbocycles. The van der Waals surface area contributed by atoms with Crippen LogP contribution in [-0.2, 0) is 18.3 Å². The Morgan fingerprint density at radius 3 is 2.43 bits per heavy atom. The summed E-state index contributed by atoms with van der Waals surface area (Å²) in [6, 6.07) is 8.09. The standard InChI is InChI=1S/C24H32N4O2/c1-15(2)13-14-25-21(29)12-11-20-17(4)22-18(5)26-28(23(22)27(6)24(20)30)19-9-7-16(3)8-10-19/h7-10,15H,11-14H2,1-6H3,(H,25,29). The lowest BCUT2D eigenvalue weighted by Gasteiger charge is -2.13. The fraction of sp³-hybridized carbons (Fsp3) is 0.458. The van der Waals surface area contributed by atoms with Gasteiger partial charge in [0, 0.05) is 31.0 Å². The van der Waals surface area contributed by atoms with Gasteiger partial charge in [0.05, 0.1) is 11.4 Å². The van der Waals surface area contributed by atoms with Crippen LogP contribution in [0.1, 0.15) is 49.1 Å². The van der Waals surface area contributed by atoms with Crippen LogP contribution in [0, 0.1) is 26.7 Å². The first-order chi connectivity index (χ1) is 14.2. The van der Waals surface area contributed by atoms with Gasteiger partial charge in [0.15, 0.2) is 0 Å². The molecule has 0 aliphatic carbocycles. The zero-order chi connectivity index (χ0) is 22.0. The molecule has 30 heavy (non-hydrogen) atoms. The van der Waals surface area contributed by atoms with Crippen LogP contribution < -0.4 is 10.9 Å². The predicted molar refractivity (Wildman–Crippen MR) is 121 cm³/mol. The highest BCUT2D eigenvalue weighted by atomic mass is 16.1. The van der Waals surface area contributed by atoms with Gasteiger partial charge in [-0.25, -0.2) is 4.68 Å². The van der Waals surface area contributed by atoms with Gasteiger partial charge in [-0.3, -0.25) is 14.2 Å². The third-order valence-electron chi connectivity index (χ3n) is 5.67. The van der Waals surface area contributed by atoms with E-state index in [1.54, 1.807) is 11.6 Å². The Kier molecular flexibility index (Phi) is 6.44. The van der Waals surface area contributed by atoms with Crippen molar-refractivity contribution in [3.63, 3.8) is 0 Å². The number of fused-ring (bicyclic) bond motifs is 1. The van der Waals surface area contributed by atoms with Crippen molar-refractivity contribution >= 4 is 16.9 Å². The van der Waals surface area contributed by atoms with Crippen molar-refractivity contribution in [3.05, 3.63) is 57.0 Å². The van der Waals surface area contributed by atoms with E-state index in [2.05, 4.69) is 19.2 Å². The Hall–Kier alpha value is -2.89. The second-order valence-electron chi connectivity index (χ2n) is 8.53. The van der Waals surface area contributed by atoms with Crippen LogP contribution >= 0.6 is 0 Å². The number of hydrogen-bond acceptors (Lipinski definition) is 3. The third kappa shape index (κ3) is 4.32. The molecular formula is C24H32N4O2. The summed E-state index contributed by atoms with van der Waals surface area (Å²) in [5, 5.41) is 8.66. The molecule has 0 bridgehead atoms. The molecule has 0 atom stereocenters. The average Bonchev–Trinajstić information content (AvgIpc) is 3.04. The number of carbonyl (C=O) groups is 1. The third-order valence-corrected chi connectivity index (χ3v) is 5.67.